The third-order valence-corrected chi connectivity index (χ3v) is 7.88. The summed E-state index contributed by atoms with van der Waals surface area (Å²) in [4.78, 5) is 13.2. The Morgan fingerprint density at radius 2 is 1.80 bits per heavy atom. The number of hydrogen-bond acceptors (Lipinski definition) is 5. The average Bonchev–Trinajstić information content (AvgIpc) is 3.17. The van der Waals surface area contributed by atoms with Gasteiger partial charge in [-0.25, -0.2) is 25.9 Å². The number of likely N-dealkylation sites (N-methyl/N-ethyl adjacent to an activating group) is 1. The second-order valence-electron chi connectivity index (χ2n) is 6.24. The molecule has 0 atom stereocenters. The molecule has 0 radical (unpaired) electrons. The first-order valence-corrected chi connectivity index (χ1v) is 11.2. The Hall–Kier alpha value is -1.49. The van der Waals surface area contributed by atoms with Gasteiger partial charge in [-0.15, -0.1) is 0 Å². The number of anilines is 1. The number of carbonyl (C=O) groups is 1. The molecule has 8 nitrogen and oxygen atoms in total. The van der Waals surface area contributed by atoms with Crippen LogP contribution in [-0.4, -0.2) is 59.5 Å². The number of fused-ring (bicyclic) bond motifs is 1. The van der Waals surface area contributed by atoms with Crippen molar-refractivity contribution in [3.05, 3.63) is 23.8 Å². The largest absolute Gasteiger partial charge is 0.315 e. The molecule has 1 saturated heterocycles. The Morgan fingerprint density at radius 1 is 1.12 bits per heavy atom. The van der Waals surface area contributed by atoms with Crippen LogP contribution < -0.4 is 9.62 Å². The number of hydrogen-bond donors (Lipinski definition) is 1. The third-order valence-electron chi connectivity index (χ3n) is 4.55. The summed E-state index contributed by atoms with van der Waals surface area (Å²) in [5.41, 5.74) is 1.35. The third kappa shape index (κ3) is 3.71. The lowest BCUT2D eigenvalue weighted by Crippen LogP contribution is -2.36. The van der Waals surface area contributed by atoms with Crippen molar-refractivity contribution in [3.8, 4) is 0 Å². The van der Waals surface area contributed by atoms with Crippen molar-refractivity contribution in [2.24, 2.45) is 0 Å². The maximum absolute atomic E-state index is 12.4. The van der Waals surface area contributed by atoms with E-state index in [0.29, 0.717) is 24.3 Å². The van der Waals surface area contributed by atoms with Crippen LogP contribution in [0.3, 0.4) is 0 Å². The van der Waals surface area contributed by atoms with E-state index in [1.807, 2.05) is 0 Å². The van der Waals surface area contributed by atoms with Gasteiger partial charge in [0.1, 0.15) is 0 Å². The fourth-order valence-electron chi connectivity index (χ4n) is 3.10. The first-order chi connectivity index (χ1) is 11.7. The zero-order valence-corrected chi connectivity index (χ0v) is 15.6. The standard InChI is InChI=1S/C15H21N3O5S2/c1-17-14-5-4-13(10-12(14)11-15(17)19)25(22,23)16-6-9-24(20,21)18-7-2-3-8-18/h4-5,10,16H,2-3,6-9,11H2,1H3. The number of nitrogens with one attached hydrogen (secondary N) is 1. The Bertz CT molecular complexity index is 890. The number of benzene rings is 1. The predicted molar refractivity (Wildman–Crippen MR) is 93.3 cm³/mol. The lowest BCUT2D eigenvalue weighted by atomic mass is 10.2. The molecule has 1 amide bonds. The Morgan fingerprint density at radius 3 is 2.48 bits per heavy atom. The normalized spacial score (nSPS) is 18.8. The molecule has 0 bridgehead atoms. The van der Waals surface area contributed by atoms with Crippen LogP contribution in [0, 0.1) is 0 Å². The van der Waals surface area contributed by atoms with Crippen molar-refractivity contribution in [2.45, 2.75) is 24.2 Å². The number of nitrogens with zero attached hydrogens (tertiary/aromatic N) is 2. The molecule has 1 aromatic carbocycles. The molecule has 1 N–H and O–H groups in total. The van der Waals surface area contributed by atoms with E-state index in [4.69, 9.17) is 0 Å². The van der Waals surface area contributed by atoms with Crippen LogP contribution in [0.1, 0.15) is 18.4 Å². The number of rotatable bonds is 6. The van der Waals surface area contributed by atoms with Gasteiger partial charge < -0.3 is 4.90 Å². The molecule has 10 heteroatoms. The Kier molecular flexibility index (Phi) is 4.89. The molecule has 0 aromatic heterocycles. The highest BCUT2D eigenvalue weighted by Gasteiger charge is 2.28. The van der Waals surface area contributed by atoms with Gasteiger partial charge in [-0.1, -0.05) is 0 Å². The highest BCUT2D eigenvalue weighted by Crippen LogP contribution is 2.29. The summed E-state index contributed by atoms with van der Waals surface area (Å²) in [5, 5.41) is 0. The van der Waals surface area contributed by atoms with E-state index in [2.05, 4.69) is 4.72 Å². The van der Waals surface area contributed by atoms with E-state index >= 15 is 0 Å². The van der Waals surface area contributed by atoms with Crippen LogP contribution in [-0.2, 0) is 31.3 Å². The van der Waals surface area contributed by atoms with Crippen molar-refractivity contribution >= 4 is 31.6 Å². The minimum atomic E-state index is -3.83. The summed E-state index contributed by atoms with van der Waals surface area (Å²) in [6.45, 7) is 0.819. The minimum absolute atomic E-state index is 0.0351. The number of sulfonamides is 2. The molecular weight excluding hydrogens is 366 g/mol. The average molecular weight is 387 g/mol. The van der Waals surface area contributed by atoms with Gasteiger partial charge >= 0.3 is 0 Å². The summed E-state index contributed by atoms with van der Waals surface area (Å²) in [6, 6.07) is 4.48. The second kappa shape index (κ2) is 6.67. The number of carbonyl (C=O) groups excluding carboxylic acids is 1. The van der Waals surface area contributed by atoms with Gasteiger partial charge in [0.2, 0.25) is 26.0 Å². The molecule has 2 heterocycles. The first kappa shape index (κ1) is 18.3. The molecular formula is C15H21N3O5S2. The van der Waals surface area contributed by atoms with E-state index in [1.165, 1.54) is 21.3 Å². The maximum Gasteiger partial charge on any atom is 0.240 e. The summed E-state index contributed by atoms with van der Waals surface area (Å²) < 4.78 is 52.8. The smallest absolute Gasteiger partial charge is 0.240 e. The van der Waals surface area contributed by atoms with Crippen LogP contribution in [0.25, 0.3) is 0 Å². The Balaban J connectivity index is 1.67. The van der Waals surface area contributed by atoms with Gasteiger partial charge in [-0.05, 0) is 36.6 Å². The predicted octanol–water partition coefficient (Wildman–Crippen LogP) is -0.0906. The highest BCUT2D eigenvalue weighted by atomic mass is 32.2. The fraction of sp³-hybridized carbons (Fsp3) is 0.533. The molecule has 25 heavy (non-hydrogen) atoms. The van der Waals surface area contributed by atoms with Crippen molar-refractivity contribution in [2.75, 3.05) is 37.3 Å². The summed E-state index contributed by atoms with van der Waals surface area (Å²) in [6.07, 6.45) is 1.85. The van der Waals surface area contributed by atoms with E-state index in [-0.39, 0.29) is 29.5 Å². The topological polar surface area (TPSA) is 104 Å². The van der Waals surface area contributed by atoms with E-state index in [1.54, 1.807) is 13.1 Å². The van der Waals surface area contributed by atoms with Crippen LogP contribution >= 0.6 is 0 Å². The van der Waals surface area contributed by atoms with Gasteiger partial charge in [-0.3, -0.25) is 4.79 Å². The van der Waals surface area contributed by atoms with Gasteiger partial charge in [0, 0.05) is 32.4 Å². The molecule has 1 fully saturated rings. The van der Waals surface area contributed by atoms with Gasteiger partial charge in [-0.2, -0.15) is 0 Å². The molecule has 1 aromatic rings. The van der Waals surface area contributed by atoms with Crippen LogP contribution in [0.2, 0.25) is 0 Å². The second-order valence-corrected chi connectivity index (χ2v) is 10.1. The van der Waals surface area contributed by atoms with Crippen LogP contribution in [0.15, 0.2) is 23.1 Å². The minimum Gasteiger partial charge on any atom is -0.315 e. The molecule has 2 aliphatic rings. The quantitative estimate of drug-likeness (QED) is 0.735. The monoisotopic (exact) mass is 387 g/mol. The zero-order chi connectivity index (χ0) is 18.2. The molecule has 138 valence electrons. The fourth-order valence-corrected chi connectivity index (χ4v) is 5.74. The van der Waals surface area contributed by atoms with E-state index in [9.17, 15) is 21.6 Å². The van der Waals surface area contributed by atoms with Crippen molar-refractivity contribution in [3.63, 3.8) is 0 Å². The zero-order valence-electron chi connectivity index (χ0n) is 13.9. The van der Waals surface area contributed by atoms with Crippen molar-refractivity contribution in [1.29, 1.82) is 0 Å². The molecule has 0 aliphatic carbocycles. The first-order valence-electron chi connectivity index (χ1n) is 8.08. The van der Waals surface area contributed by atoms with Crippen molar-refractivity contribution < 1.29 is 21.6 Å². The van der Waals surface area contributed by atoms with Crippen LogP contribution in [0.5, 0.6) is 0 Å². The van der Waals surface area contributed by atoms with Gasteiger partial charge in [0.05, 0.1) is 17.1 Å². The summed E-state index contributed by atoms with van der Waals surface area (Å²) in [7, 11) is -5.62. The summed E-state index contributed by atoms with van der Waals surface area (Å²) in [5.74, 6) is -0.354. The molecule has 3 rings (SSSR count). The lowest BCUT2D eigenvalue weighted by Gasteiger charge is -2.15. The maximum atomic E-state index is 12.4. The Labute approximate surface area is 147 Å². The molecule has 0 unspecified atom stereocenters. The molecule has 0 saturated carbocycles. The number of amides is 1. The molecule has 0 spiro atoms. The lowest BCUT2D eigenvalue weighted by molar-refractivity contribution is -0.117. The SMILES string of the molecule is CN1C(=O)Cc2cc(S(=O)(=O)NCCS(=O)(=O)N3CCCC3)ccc21. The van der Waals surface area contributed by atoms with Gasteiger partial charge in [0.25, 0.3) is 0 Å². The summed E-state index contributed by atoms with van der Waals surface area (Å²) >= 11 is 0. The van der Waals surface area contributed by atoms with Crippen molar-refractivity contribution in [1.82, 2.24) is 9.03 Å². The van der Waals surface area contributed by atoms with E-state index < -0.39 is 20.0 Å². The molecule has 2 aliphatic heterocycles. The highest BCUT2D eigenvalue weighted by molar-refractivity contribution is 7.90. The van der Waals surface area contributed by atoms with Gasteiger partial charge in [0.15, 0.2) is 0 Å². The van der Waals surface area contributed by atoms with Crippen LogP contribution in [0.4, 0.5) is 5.69 Å². The van der Waals surface area contributed by atoms with E-state index in [0.717, 1.165) is 12.8 Å².